The van der Waals surface area contributed by atoms with Crippen LogP contribution >= 0.6 is 15.9 Å². The molecule has 4 nitrogen and oxygen atoms in total. The number of hydrogen-bond donors (Lipinski definition) is 1. The second-order valence-electron chi connectivity index (χ2n) is 4.74. The highest BCUT2D eigenvalue weighted by atomic mass is 79.9. The molecule has 0 unspecified atom stereocenters. The number of anilines is 1. The molecule has 1 rings (SSSR count). The van der Waals surface area contributed by atoms with Gasteiger partial charge in [0, 0.05) is 4.47 Å². The first kappa shape index (κ1) is 15.4. The normalized spacial score (nSPS) is 10.9. The van der Waals surface area contributed by atoms with Crippen molar-refractivity contribution < 1.29 is 13.9 Å². The minimum atomic E-state index is -0.604. The van der Waals surface area contributed by atoms with E-state index in [0.717, 1.165) is 6.07 Å². The van der Waals surface area contributed by atoms with Crippen LogP contribution < -0.4 is 5.73 Å². The topological polar surface area (TPSA) is 76.1 Å². The van der Waals surface area contributed by atoms with Gasteiger partial charge in [-0.2, -0.15) is 5.26 Å². The van der Waals surface area contributed by atoms with Crippen LogP contribution in [0.1, 0.15) is 30.6 Å². The molecule has 0 atom stereocenters. The number of ether oxygens (including phenoxy) is 1. The lowest BCUT2D eigenvalue weighted by Crippen LogP contribution is -2.15. The largest absolute Gasteiger partial charge is 0.462 e. The average Bonchev–Trinajstić information content (AvgIpc) is 2.33. The van der Waals surface area contributed by atoms with Crippen molar-refractivity contribution in [2.24, 2.45) is 5.41 Å². The highest BCUT2D eigenvalue weighted by Crippen LogP contribution is 2.24. The van der Waals surface area contributed by atoms with Gasteiger partial charge in [-0.3, -0.25) is 0 Å². The average molecular weight is 329 g/mol. The van der Waals surface area contributed by atoms with E-state index in [1.54, 1.807) is 13.8 Å². The molecule has 0 aromatic heterocycles. The zero-order valence-corrected chi connectivity index (χ0v) is 12.3. The Kier molecular flexibility index (Phi) is 4.90. The number of nitrogens with two attached hydrogens (primary N) is 1. The van der Waals surface area contributed by atoms with E-state index in [1.165, 1.54) is 6.07 Å². The van der Waals surface area contributed by atoms with E-state index in [-0.39, 0.29) is 22.3 Å². The van der Waals surface area contributed by atoms with Crippen molar-refractivity contribution >= 4 is 27.6 Å². The quantitative estimate of drug-likeness (QED) is 0.679. The lowest BCUT2D eigenvalue weighted by Gasteiger charge is -2.15. The molecule has 1 aromatic carbocycles. The molecular formula is C13H14BrFN2O2. The number of nitriles is 1. The second kappa shape index (κ2) is 6.02. The number of esters is 1. The molecule has 0 fully saturated rings. The van der Waals surface area contributed by atoms with Crippen molar-refractivity contribution in [1.29, 1.82) is 5.26 Å². The summed E-state index contributed by atoms with van der Waals surface area (Å²) in [6, 6.07) is 4.45. The van der Waals surface area contributed by atoms with Gasteiger partial charge in [-0.1, -0.05) is 0 Å². The zero-order valence-electron chi connectivity index (χ0n) is 10.7. The van der Waals surface area contributed by atoms with Gasteiger partial charge >= 0.3 is 5.97 Å². The second-order valence-corrected chi connectivity index (χ2v) is 5.59. The Hall–Kier alpha value is -1.61. The Labute approximate surface area is 119 Å². The summed E-state index contributed by atoms with van der Waals surface area (Å²) in [5, 5.41) is 8.83. The van der Waals surface area contributed by atoms with Crippen LogP contribution in [0.2, 0.25) is 0 Å². The summed E-state index contributed by atoms with van der Waals surface area (Å²) in [4.78, 5) is 11.8. The van der Waals surface area contributed by atoms with Crippen LogP contribution in [0.15, 0.2) is 16.6 Å². The Morgan fingerprint density at radius 1 is 1.58 bits per heavy atom. The Morgan fingerprint density at radius 3 is 2.79 bits per heavy atom. The smallest absolute Gasteiger partial charge is 0.339 e. The monoisotopic (exact) mass is 328 g/mol. The standard InChI is InChI=1S/C13H14BrFN2O2/c1-13(2,7-16)3-4-19-12(18)8-5-11(17)10(15)6-9(8)14/h5-6H,3-4,17H2,1-2H3. The van der Waals surface area contributed by atoms with Crippen LogP contribution in [0.3, 0.4) is 0 Å². The van der Waals surface area contributed by atoms with Crippen LogP contribution in [0.5, 0.6) is 0 Å². The number of hydrogen-bond acceptors (Lipinski definition) is 4. The van der Waals surface area contributed by atoms with Crippen LogP contribution in [-0.4, -0.2) is 12.6 Å². The fourth-order valence-corrected chi connectivity index (χ4v) is 1.73. The van der Waals surface area contributed by atoms with Crippen LogP contribution in [0.4, 0.5) is 10.1 Å². The fourth-order valence-electron chi connectivity index (χ4n) is 1.25. The van der Waals surface area contributed by atoms with E-state index >= 15 is 0 Å². The molecule has 0 aliphatic heterocycles. The van der Waals surface area contributed by atoms with Crippen molar-refractivity contribution in [2.75, 3.05) is 12.3 Å². The number of rotatable bonds is 4. The number of halogens is 2. The Morgan fingerprint density at radius 2 is 2.21 bits per heavy atom. The highest BCUT2D eigenvalue weighted by Gasteiger charge is 2.19. The van der Waals surface area contributed by atoms with Gasteiger partial charge in [-0.15, -0.1) is 0 Å². The van der Waals surface area contributed by atoms with Gasteiger partial charge in [0.2, 0.25) is 0 Å². The van der Waals surface area contributed by atoms with Crippen molar-refractivity contribution in [3.05, 3.63) is 28.0 Å². The molecular weight excluding hydrogens is 315 g/mol. The molecule has 19 heavy (non-hydrogen) atoms. The van der Waals surface area contributed by atoms with E-state index in [2.05, 4.69) is 22.0 Å². The van der Waals surface area contributed by atoms with Gasteiger partial charge in [0.05, 0.1) is 29.3 Å². The first-order chi connectivity index (χ1) is 8.76. The molecule has 0 bridgehead atoms. The number of carbonyl (C=O) groups excluding carboxylic acids is 1. The molecule has 0 saturated heterocycles. The molecule has 0 amide bonds. The van der Waals surface area contributed by atoms with Crippen molar-refractivity contribution in [2.45, 2.75) is 20.3 Å². The number of nitrogen functional groups attached to an aromatic ring is 1. The molecule has 0 spiro atoms. The summed E-state index contributed by atoms with van der Waals surface area (Å²) in [5.41, 5.74) is 4.89. The van der Waals surface area contributed by atoms with Crippen LogP contribution in [0.25, 0.3) is 0 Å². The minimum Gasteiger partial charge on any atom is -0.462 e. The third-order valence-electron chi connectivity index (χ3n) is 2.57. The summed E-state index contributed by atoms with van der Waals surface area (Å²) < 4.78 is 18.5. The predicted molar refractivity (Wildman–Crippen MR) is 72.8 cm³/mol. The SMILES string of the molecule is CC(C)(C#N)CCOC(=O)c1cc(N)c(F)cc1Br. The third kappa shape index (κ3) is 4.21. The molecule has 0 heterocycles. The van der Waals surface area contributed by atoms with Crippen LogP contribution in [-0.2, 0) is 4.74 Å². The molecule has 0 aliphatic carbocycles. The van der Waals surface area contributed by atoms with E-state index < -0.39 is 17.2 Å². The molecule has 0 aliphatic rings. The number of carbonyl (C=O) groups is 1. The molecule has 1 aromatic rings. The summed E-state index contributed by atoms with van der Waals surface area (Å²) in [6.07, 6.45) is 0.420. The summed E-state index contributed by atoms with van der Waals surface area (Å²) >= 11 is 3.08. The lowest BCUT2D eigenvalue weighted by atomic mass is 9.92. The first-order valence-electron chi connectivity index (χ1n) is 5.60. The van der Waals surface area contributed by atoms with Crippen LogP contribution in [0, 0.1) is 22.6 Å². The maximum absolute atomic E-state index is 13.1. The molecule has 102 valence electrons. The van der Waals surface area contributed by atoms with Crippen molar-refractivity contribution in [3.8, 4) is 6.07 Å². The van der Waals surface area contributed by atoms with Gasteiger partial charge in [0.15, 0.2) is 0 Å². The summed E-state index contributed by atoms with van der Waals surface area (Å²) in [5.74, 6) is -1.21. The van der Waals surface area contributed by atoms with Gasteiger partial charge in [-0.25, -0.2) is 9.18 Å². The lowest BCUT2D eigenvalue weighted by molar-refractivity contribution is 0.0474. The van der Waals surface area contributed by atoms with E-state index in [9.17, 15) is 9.18 Å². The van der Waals surface area contributed by atoms with Crippen molar-refractivity contribution in [1.82, 2.24) is 0 Å². The molecule has 6 heteroatoms. The number of nitrogens with zero attached hydrogens (tertiary/aromatic N) is 1. The van der Waals surface area contributed by atoms with Gasteiger partial charge in [0.1, 0.15) is 5.82 Å². The predicted octanol–water partition coefficient (Wildman–Crippen LogP) is 3.27. The van der Waals surface area contributed by atoms with E-state index in [4.69, 9.17) is 15.7 Å². The number of benzene rings is 1. The molecule has 0 radical (unpaired) electrons. The zero-order chi connectivity index (χ0) is 14.6. The van der Waals surface area contributed by atoms with E-state index in [1.807, 2.05) is 0 Å². The van der Waals surface area contributed by atoms with Gasteiger partial charge in [-0.05, 0) is 48.3 Å². The minimum absolute atomic E-state index is 0.114. The highest BCUT2D eigenvalue weighted by molar-refractivity contribution is 9.10. The molecule has 0 saturated carbocycles. The molecule has 2 N–H and O–H groups in total. The maximum Gasteiger partial charge on any atom is 0.339 e. The van der Waals surface area contributed by atoms with Crippen molar-refractivity contribution in [3.63, 3.8) is 0 Å². The summed E-state index contributed by atoms with van der Waals surface area (Å²) in [7, 11) is 0. The third-order valence-corrected chi connectivity index (χ3v) is 3.23. The first-order valence-corrected chi connectivity index (χ1v) is 6.39. The fraction of sp³-hybridized carbons (Fsp3) is 0.385. The Bertz CT molecular complexity index is 538. The maximum atomic E-state index is 13.1. The Balaban J connectivity index is 2.70. The summed E-state index contributed by atoms with van der Waals surface area (Å²) in [6.45, 7) is 3.63. The van der Waals surface area contributed by atoms with Gasteiger partial charge < -0.3 is 10.5 Å². The van der Waals surface area contributed by atoms with E-state index in [0.29, 0.717) is 6.42 Å². The van der Waals surface area contributed by atoms with Gasteiger partial charge in [0.25, 0.3) is 0 Å².